The van der Waals surface area contributed by atoms with Gasteiger partial charge < -0.3 is 9.84 Å². The van der Waals surface area contributed by atoms with E-state index in [2.05, 4.69) is 0 Å². The predicted molar refractivity (Wildman–Crippen MR) is 77.6 cm³/mol. The van der Waals surface area contributed by atoms with Gasteiger partial charge in [0.25, 0.3) is 0 Å². The van der Waals surface area contributed by atoms with E-state index in [-0.39, 0.29) is 24.8 Å². The summed E-state index contributed by atoms with van der Waals surface area (Å²) in [7, 11) is -2.16. The molecule has 21 heavy (non-hydrogen) atoms. The van der Waals surface area contributed by atoms with Gasteiger partial charge in [0.05, 0.1) is 5.75 Å². The molecule has 1 unspecified atom stereocenters. The monoisotopic (exact) mass is 333 g/mol. The normalized spacial score (nSPS) is 18.2. The SMILES string of the molecule is COC(C(=O)O)C1CN(S(=O)(=O)Cc2cccc(Cl)c2)C1. The quantitative estimate of drug-likeness (QED) is 0.845. The number of hydrogen-bond acceptors (Lipinski definition) is 4. The van der Waals surface area contributed by atoms with Crippen molar-refractivity contribution in [3.05, 3.63) is 34.9 Å². The van der Waals surface area contributed by atoms with E-state index in [1.54, 1.807) is 24.3 Å². The molecule has 1 fully saturated rings. The van der Waals surface area contributed by atoms with E-state index in [9.17, 15) is 13.2 Å². The predicted octanol–water partition coefficient (Wildman–Crippen LogP) is 1.20. The van der Waals surface area contributed by atoms with Gasteiger partial charge in [-0.25, -0.2) is 17.5 Å². The molecule has 2 rings (SSSR count). The number of benzene rings is 1. The average Bonchev–Trinajstić information content (AvgIpc) is 2.31. The Morgan fingerprint density at radius 1 is 1.52 bits per heavy atom. The number of sulfonamides is 1. The van der Waals surface area contributed by atoms with E-state index >= 15 is 0 Å². The van der Waals surface area contributed by atoms with Gasteiger partial charge in [0.1, 0.15) is 0 Å². The molecule has 0 radical (unpaired) electrons. The molecule has 0 amide bonds. The Morgan fingerprint density at radius 3 is 2.71 bits per heavy atom. The highest BCUT2D eigenvalue weighted by Crippen LogP contribution is 2.26. The third-order valence-corrected chi connectivity index (χ3v) is 5.45. The standard InChI is InChI=1S/C13H16ClNO5S/c1-20-12(13(16)17)10-6-15(7-10)21(18,19)8-9-3-2-4-11(14)5-9/h2-5,10,12H,6-8H2,1H3,(H,16,17). The van der Waals surface area contributed by atoms with Crippen molar-refractivity contribution in [2.45, 2.75) is 11.9 Å². The van der Waals surface area contributed by atoms with Crippen LogP contribution >= 0.6 is 11.6 Å². The molecule has 1 atom stereocenters. The third-order valence-electron chi connectivity index (χ3n) is 3.43. The molecule has 0 saturated carbocycles. The van der Waals surface area contributed by atoms with Crippen molar-refractivity contribution in [3.8, 4) is 0 Å². The van der Waals surface area contributed by atoms with Crippen LogP contribution in [0.4, 0.5) is 0 Å². The van der Waals surface area contributed by atoms with Crippen LogP contribution in [-0.4, -0.2) is 50.1 Å². The fourth-order valence-electron chi connectivity index (χ4n) is 2.31. The maximum absolute atomic E-state index is 12.2. The summed E-state index contributed by atoms with van der Waals surface area (Å²) >= 11 is 5.83. The Labute approximate surface area is 128 Å². The van der Waals surface area contributed by atoms with Gasteiger partial charge in [0, 0.05) is 31.1 Å². The second-order valence-corrected chi connectivity index (χ2v) is 7.36. The number of carboxylic acid groups (broad SMARTS) is 1. The summed E-state index contributed by atoms with van der Waals surface area (Å²) < 4.78 is 30.6. The van der Waals surface area contributed by atoms with Crippen molar-refractivity contribution in [2.75, 3.05) is 20.2 Å². The molecule has 0 aliphatic carbocycles. The minimum Gasteiger partial charge on any atom is -0.479 e. The number of aliphatic carboxylic acids is 1. The topological polar surface area (TPSA) is 83.9 Å². The van der Waals surface area contributed by atoms with Crippen LogP contribution < -0.4 is 0 Å². The molecule has 1 aromatic rings. The molecule has 1 aromatic carbocycles. The van der Waals surface area contributed by atoms with Crippen molar-refractivity contribution >= 4 is 27.6 Å². The van der Waals surface area contributed by atoms with Gasteiger partial charge in [0.15, 0.2) is 6.10 Å². The fraction of sp³-hybridized carbons (Fsp3) is 0.462. The minimum absolute atomic E-state index is 0.148. The summed E-state index contributed by atoms with van der Waals surface area (Å²) in [6, 6.07) is 6.66. The van der Waals surface area contributed by atoms with Crippen LogP contribution in [0.2, 0.25) is 5.02 Å². The highest BCUT2D eigenvalue weighted by molar-refractivity contribution is 7.88. The highest BCUT2D eigenvalue weighted by atomic mass is 35.5. The van der Waals surface area contributed by atoms with Crippen LogP contribution in [0.1, 0.15) is 5.56 Å². The van der Waals surface area contributed by atoms with E-state index in [1.165, 1.54) is 11.4 Å². The summed E-state index contributed by atoms with van der Waals surface area (Å²) in [5, 5.41) is 9.44. The molecule has 1 N–H and O–H groups in total. The van der Waals surface area contributed by atoms with Crippen LogP contribution in [0, 0.1) is 5.92 Å². The molecule has 0 spiro atoms. The molecule has 8 heteroatoms. The maximum Gasteiger partial charge on any atom is 0.333 e. The second-order valence-electron chi connectivity index (χ2n) is 4.96. The van der Waals surface area contributed by atoms with E-state index < -0.39 is 22.1 Å². The van der Waals surface area contributed by atoms with Crippen molar-refractivity contribution in [2.24, 2.45) is 5.92 Å². The second kappa shape index (κ2) is 6.31. The molecule has 116 valence electrons. The summed E-state index contributed by atoms with van der Waals surface area (Å²) in [5.41, 5.74) is 0.604. The summed E-state index contributed by atoms with van der Waals surface area (Å²) in [5.74, 6) is -1.54. The summed E-state index contributed by atoms with van der Waals surface area (Å²) in [6.45, 7) is 0.321. The molecule has 0 aromatic heterocycles. The van der Waals surface area contributed by atoms with Gasteiger partial charge >= 0.3 is 5.97 Å². The lowest BCUT2D eigenvalue weighted by Gasteiger charge is -2.40. The van der Waals surface area contributed by atoms with Gasteiger partial charge in [-0.05, 0) is 17.7 Å². The lowest BCUT2D eigenvalue weighted by atomic mass is 9.96. The first kappa shape index (κ1) is 16.2. The lowest BCUT2D eigenvalue weighted by molar-refractivity contribution is -0.154. The number of nitrogens with zero attached hydrogens (tertiary/aromatic N) is 1. The number of hydrogen-bond donors (Lipinski definition) is 1. The van der Waals surface area contributed by atoms with Crippen LogP contribution in [0.3, 0.4) is 0 Å². The Morgan fingerprint density at radius 2 is 2.19 bits per heavy atom. The Balaban J connectivity index is 1.99. The van der Waals surface area contributed by atoms with Crippen molar-refractivity contribution in [1.29, 1.82) is 0 Å². The first-order valence-electron chi connectivity index (χ1n) is 6.31. The van der Waals surface area contributed by atoms with Gasteiger partial charge in [-0.1, -0.05) is 23.7 Å². The van der Waals surface area contributed by atoms with Crippen molar-refractivity contribution < 1.29 is 23.1 Å². The maximum atomic E-state index is 12.2. The zero-order valence-electron chi connectivity index (χ0n) is 11.4. The van der Waals surface area contributed by atoms with E-state index in [0.717, 1.165) is 0 Å². The molecule has 1 heterocycles. The Hall–Kier alpha value is -1.15. The molecule has 1 aliphatic rings. The van der Waals surface area contributed by atoms with Crippen molar-refractivity contribution in [1.82, 2.24) is 4.31 Å². The number of halogens is 1. The van der Waals surface area contributed by atoms with E-state index in [1.807, 2.05) is 0 Å². The molecule has 6 nitrogen and oxygen atoms in total. The molecule has 0 bridgehead atoms. The Bertz CT molecular complexity index is 627. The lowest BCUT2D eigenvalue weighted by Crippen LogP contribution is -2.56. The van der Waals surface area contributed by atoms with Gasteiger partial charge in [0.2, 0.25) is 10.0 Å². The highest BCUT2D eigenvalue weighted by Gasteiger charge is 2.42. The van der Waals surface area contributed by atoms with Crippen LogP contribution in [0.15, 0.2) is 24.3 Å². The van der Waals surface area contributed by atoms with Gasteiger partial charge in [-0.2, -0.15) is 0 Å². The van der Waals surface area contributed by atoms with Gasteiger partial charge in [-0.3, -0.25) is 0 Å². The number of carboxylic acids is 1. The first-order valence-corrected chi connectivity index (χ1v) is 8.30. The average molecular weight is 334 g/mol. The summed E-state index contributed by atoms with van der Waals surface area (Å²) in [6.07, 6.45) is -0.970. The smallest absolute Gasteiger partial charge is 0.333 e. The number of rotatable bonds is 6. The van der Waals surface area contributed by atoms with Crippen LogP contribution in [0.5, 0.6) is 0 Å². The third kappa shape index (κ3) is 3.74. The molecule has 1 saturated heterocycles. The first-order chi connectivity index (χ1) is 9.83. The van der Waals surface area contributed by atoms with Crippen LogP contribution in [-0.2, 0) is 25.3 Å². The van der Waals surface area contributed by atoms with Crippen molar-refractivity contribution in [3.63, 3.8) is 0 Å². The zero-order valence-corrected chi connectivity index (χ0v) is 13.0. The molecule has 1 aliphatic heterocycles. The zero-order chi connectivity index (χ0) is 15.6. The van der Waals surface area contributed by atoms with E-state index in [0.29, 0.717) is 10.6 Å². The largest absolute Gasteiger partial charge is 0.479 e. The number of carbonyl (C=O) groups is 1. The number of ether oxygens (including phenoxy) is 1. The minimum atomic E-state index is -3.47. The summed E-state index contributed by atoms with van der Waals surface area (Å²) in [4.78, 5) is 10.9. The van der Waals surface area contributed by atoms with E-state index in [4.69, 9.17) is 21.4 Å². The van der Waals surface area contributed by atoms with Gasteiger partial charge in [-0.15, -0.1) is 0 Å². The number of methoxy groups -OCH3 is 1. The molecular weight excluding hydrogens is 318 g/mol. The fourth-order valence-corrected chi connectivity index (χ4v) is 4.15. The Kier molecular flexibility index (Phi) is 4.88. The van der Waals surface area contributed by atoms with Crippen LogP contribution in [0.25, 0.3) is 0 Å². The molecular formula is C13H16ClNO5S.